The molecule has 3 rings (SSSR count). The van der Waals surface area contributed by atoms with Crippen LogP contribution in [0.2, 0.25) is 0 Å². The van der Waals surface area contributed by atoms with Gasteiger partial charge in [0.15, 0.2) is 5.96 Å². The van der Waals surface area contributed by atoms with E-state index in [-0.39, 0.29) is 24.0 Å². The lowest BCUT2D eigenvalue weighted by Gasteiger charge is -2.21. The summed E-state index contributed by atoms with van der Waals surface area (Å²) in [6.45, 7) is 5.74. The molecule has 1 aliphatic heterocycles. The van der Waals surface area contributed by atoms with Crippen LogP contribution in [0.4, 0.5) is 0 Å². The quantitative estimate of drug-likeness (QED) is 0.340. The molecule has 0 amide bonds. The number of benzene rings is 2. The minimum Gasteiger partial charge on any atom is -0.380 e. The zero-order valence-corrected chi connectivity index (χ0v) is 19.9. The molecule has 1 heterocycles. The van der Waals surface area contributed by atoms with E-state index in [1.54, 1.807) is 7.11 Å². The molecule has 1 fully saturated rings. The van der Waals surface area contributed by atoms with Crippen LogP contribution in [0.15, 0.2) is 59.6 Å². The first-order chi connectivity index (χ1) is 13.7. The highest BCUT2D eigenvalue weighted by Gasteiger charge is 2.29. The van der Waals surface area contributed by atoms with E-state index in [0.29, 0.717) is 18.7 Å². The Bertz CT molecular complexity index is 751. The fraction of sp³-hybridized carbons (Fsp3) is 0.435. The molecule has 0 radical (unpaired) electrons. The van der Waals surface area contributed by atoms with Crippen molar-refractivity contribution in [2.24, 2.45) is 4.99 Å². The van der Waals surface area contributed by atoms with Crippen LogP contribution in [0, 0.1) is 0 Å². The van der Waals surface area contributed by atoms with Gasteiger partial charge in [0.25, 0.3) is 0 Å². The summed E-state index contributed by atoms with van der Waals surface area (Å²) in [6.07, 6.45) is 1.12. The van der Waals surface area contributed by atoms with E-state index in [2.05, 4.69) is 82.0 Å². The van der Waals surface area contributed by atoms with Gasteiger partial charge in [-0.3, -0.25) is 9.89 Å². The maximum Gasteiger partial charge on any atom is 0.191 e. The number of halogens is 1. The van der Waals surface area contributed by atoms with Crippen molar-refractivity contribution in [2.75, 3.05) is 20.7 Å². The normalized spacial score (nSPS) is 19.6. The number of guanidine groups is 1. The van der Waals surface area contributed by atoms with Gasteiger partial charge in [-0.15, -0.1) is 24.0 Å². The van der Waals surface area contributed by atoms with E-state index in [0.717, 1.165) is 32.0 Å². The van der Waals surface area contributed by atoms with Gasteiger partial charge in [-0.25, -0.2) is 0 Å². The van der Waals surface area contributed by atoms with Crippen molar-refractivity contribution >= 4 is 29.9 Å². The SMILES string of the molecule is CN=C(NCc1ccc(COC)cc1)NC1CC(C)N(Cc2ccccc2)C1.I. The van der Waals surface area contributed by atoms with Crippen molar-refractivity contribution in [3.05, 3.63) is 71.3 Å². The number of nitrogens with one attached hydrogen (secondary N) is 2. The number of hydrogen-bond donors (Lipinski definition) is 2. The second-order valence-electron chi connectivity index (χ2n) is 7.52. The van der Waals surface area contributed by atoms with Gasteiger partial charge in [-0.1, -0.05) is 54.6 Å². The minimum absolute atomic E-state index is 0. The highest BCUT2D eigenvalue weighted by Crippen LogP contribution is 2.20. The predicted molar refractivity (Wildman–Crippen MR) is 131 cm³/mol. The van der Waals surface area contributed by atoms with Gasteiger partial charge in [0, 0.05) is 45.9 Å². The van der Waals surface area contributed by atoms with Gasteiger partial charge < -0.3 is 15.4 Å². The van der Waals surface area contributed by atoms with E-state index >= 15 is 0 Å². The van der Waals surface area contributed by atoms with Crippen LogP contribution in [0.5, 0.6) is 0 Å². The summed E-state index contributed by atoms with van der Waals surface area (Å²) in [5, 5.41) is 7.02. The van der Waals surface area contributed by atoms with Crippen molar-refractivity contribution < 1.29 is 4.74 Å². The summed E-state index contributed by atoms with van der Waals surface area (Å²) >= 11 is 0. The van der Waals surface area contributed by atoms with Crippen LogP contribution in [0.25, 0.3) is 0 Å². The third-order valence-electron chi connectivity index (χ3n) is 5.29. The molecule has 0 bridgehead atoms. The van der Waals surface area contributed by atoms with Crippen molar-refractivity contribution in [3.8, 4) is 0 Å². The third-order valence-corrected chi connectivity index (χ3v) is 5.29. The van der Waals surface area contributed by atoms with Gasteiger partial charge in [-0.05, 0) is 30.0 Å². The van der Waals surface area contributed by atoms with Crippen LogP contribution < -0.4 is 10.6 Å². The Morgan fingerprint density at radius 1 is 1.07 bits per heavy atom. The summed E-state index contributed by atoms with van der Waals surface area (Å²) in [5.74, 6) is 0.861. The lowest BCUT2D eigenvalue weighted by molar-refractivity contribution is 0.185. The molecule has 5 nitrogen and oxygen atoms in total. The Kier molecular flexibility index (Phi) is 9.90. The molecule has 158 valence electrons. The van der Waals surface area contributed by atoms with Gasteiger partial charge in [-0.2, -0.15) is 0 Å². The number of likely N-dealkylation sites (tertiary alicyclic amines) is 1. The Hall–Kier alpha value is -1.64. The van der Waals surface area contributed by atoms with Gasteiger partial charge >= 0.3 is 0 Å². The topological polar surface area (TPSA) is 48.9 Å². The maximum absolute atomic E-state index is 5.16. The summed E-state index contributed by atoms with van der Waals surface area (Å²) in [6, 6.07) is 20.1. The Balaban J connectivity index is 0.00000300. The van der Waals surface area contributed by atoms with E-state index in [4.69, 9.17) is 4.74 Å². The third kappa shape index (κ3) is 7.28. The van der Waals surface area contributed by atoms with Crippen LogP contribution in [-0.2, 0) is 24.4 Å². The standard InChI is InChI=1S/C23H32N4O.HI/c1-18-13-22(16-27(18)15-20-7-5-4-6-8-20)26-23(24-2)25-14-19-9-11-21(12-10-19)17-28-3;/h4-12,18,22H,13-17H2,1-3H3,(H2,24,25,26);1H. The molecule has 2 atom stereocenters. The molecule has 29 heavy (non-hydrogen) atoms. The van der Waals surface area contributed by atoms with E-state index < -0.39 is 0 Å². The molecule has 1 aliphatic rings. The van der Waals surface area contributed by atoms with E-state index in [9.17, 15) is 0 Å². The summed E-state index contributed by atoms with van der Waals surface area (Å²) in [5.41, 5.74) is 3.79. The molecule has 0 spiro atoms. The lowest BCUT2D eigenvalue weighted by atomic mass is 10.1. The Morgan fingerprint density at radius 2 is 1.76 bits per heavy atom. The number of rotatable bonds is 7. The summed E-state index contributed by atoms with van der Waals surface area (Å²) in [4.78, 5) is 6.94. The second-order valence-corrected chi connectivity index (χ2v) is 7.52. The predicted octanol–water partition coefficient (Wildman–Crippen LogP) is 3.78. The molecular formula is C23H33IN4O. The van der Waals surface area contributed by atoms with Gasteiger partial charge in [0.05, 0.1) is 6.61 Å². The first kappa shape index (κ1) is 23.6. The molecule has 0 saturated carbocycles. The van der Waals surface area contributed by atoms with Crippen molar-refractivity contribution in [3.63, 3.8) is 0 Å². The highest BCUT2D eigenvalue weighted by atomic mass is 127. The number of methoxy groups -OCH3 is 1. The average molecular weight is 508 g/mol. The highest BCUT2D eigenvalue weighted by molar-refractivity contribution is 14.0. The molecule has 1 saturated heterocycles. The van der Waals surface area contributed by atoms with Crippen LogP contribution in [0.1, 0.15) is 30.0 Å². The number of hydrogen-bond acceptors (Lipinski definition) is 3. The Morgan fingerprint density at radius 3 is 2.41 bits per heavy atom. The van der Waals surface area contributed by atoms with Crippen molar-refractivity contribution in [1.82, 2.24) is 15.5 Å². The lowest BCUT2D eigenvalue weighted by Crippen LogP contribution is -2.44. The monoisotopic (exact) mass is 508 g/mol. The van der Waals surface area contributed by atoms with E-state index in [1.165, 1.54) is 16.7 Å². The molecule has 0 aliphatic carbocycles. The molecule has 2 unspecified atom stereocenters. The molecular weight excluding hydrogens is 475 g/mol. The fourth-order valence-corrected chi connectivity index (χ4v) is 3.74. The van der Waals surface area contributed by atoms with Gasteiger partial charge in [0.1, 0.15) is 0 Å². The first-order valence-corrected chi connectivity index (χ1v) is 10.00. The molecule has 2 N–H and O–H groups in total. The second kappa shape index (κ2) is 12.1. The van der Waals surface area contributed by atoms with E-state index in [1.807, 2.05) is 7.05 Å². The van der Waals surface area contributed by atoms with Gasteiger partial charge in [0.2, 0.25) is 0 Å². The maximum atomic E-state index is 5.16. The minimum atomic E-state index is 0. The van der Waals surface area contributed by atoms with Crippen molar-refractivity contribution in [1.29, 1.82) is 0 Å². The molecule has 2 aromatic carbocycles. The fourth-order valence-electron chi connectivity index (χ4n) is 3.74. The van der Waals surface area contributed by atoms with Crippen molar-refractivity contribution in [2.45, 2.75) is 45.1 Å². The number of aliphatic imine (C=N–C) groups is 1. The average Bonchev–Trinajstić information content (AvgIpc) is 3.06. The molecule has 6 heteroatoms. The first-order valence-electron chi connectivity index (χ1n) is 10.00. The van der Waals surface area contributed by atoms with Crippen LogP contribution in [-0.4, -0.2) is 43.6 Å². The zero-order valence-electron chi connectivity index (χ0n) is 17.6. The summed E-state index contributed by atoms with van der Waals surface area (Å²) in [7, 11) is 3.55. The number of nitrogens with zero attached hydrogens (tertiary/aromatic N) is 2. The van der Waals surface area contributed by atoms with Crippen LogP contribution in [0.3, 0.4) is 0 Å². The largest absolute Gasteiger partial charge is 0.380 e. The molecule has 0 aromatic heterocycles. The Labute approximate surface area is 192 Å². The number of ether oxygens (including phenoxy) is 1. The summed E-state index contributed by atoms with van der Waals surface area (Å²) < 4.78 is 5.16. The smallest absolute Gasteiger partial charge is 0.191 e. The zero-order chi connectivity index (χ0) is 19.8. The molecule has 2 aromatic rings. The van der Waals surface area contributed by atoms with Crippen LogP contribution >= 0.6 is 24.0 Å².